The molecule has 2 nitrogen and oxygen atoms in total. The summed E-state index contributed by atoms with van der Waals surface area (Å²) in [4.78, 5) is 15.0. The number of ketones is 1. The second-order valence-electron chi connectivity index (χ2n) is 7.01. The fourth-order valence-electron chi connectivity index (χ4n) is 3.14. The highest BCUT2D eigenvalue weighted by molar-refractivity contribution is 7.12. The smallest absolute Gasteiger partial charge is 0.170 e. The minimum absolute atomic E-state index is 0.127. The van der Waals surface area contributed by atoms with E-state index in [0.717, 1.165) is 16.0 Å². The number of benzene rings is 2. The fourth-order valence-corrected chi connectivity index (χ4v) is 3.95. The molecule has 0 fully saturated rings. The summed E-state index contributed by atoms with van der Waals surface area (Å²) in [6.07, 6.45) is 0. The molecule has 134 valence electrons. The number of rotatable bonds is 5. The van der Waals surface area contributed by atoms with Gasteiger partial charge in [-0.15, -0.1) is 11.3 Å². The van der Waals surface area contributed by atoms with E-state index in [-0.39, 0.29) is 5.78 Å². The van der Waals surface area contributed by atoms with E-state index in [1.54, 1.807) is 6.92 Å². The van der Waals surface area contributed by atoms with Gasteiger partial charge in [0.15, 0.2) is 5.78 Å². The monoisotopic (exact) mass is 363 g/mol. The Hall–Kier alpha value is -2.23. The van der Waals surface area contributed by atoms with Gasteiger partial charge in [0, 0.05) is 11.6 Å². The molecule has 1 atom stereocenters. The molecule has 3 aromatic rings. The van der Waals surface area contributed by atoms with Gasteiger partial charge in [-0.25, -0.2) is 0 Å². The van der Waals surface area contributed by atoms with Crippen LogP contribution < -0.4 is 0 Å². The first-order chi connectivity index (χ1) is 12.4. The topological polar surface area (TPSA) is 20.3 Å². The Morgan fingerprint density at radius 3 is 2.23 bits per heavy atom. The van der Waals surface area contributed by atoms with Crippen LogP contribution in [0.15, 0.2) is 53.9 Å². The molecule has 0 aliphatic rings. The van der Waals surface area contributed by atoms with Crippen LogP contribution in [-0.2, 0) is 0 Å². The van der Waals surface area contributed by atoms with E-state index < -0.39 is 0 Å². The van der Waals surface area contributed by atoms with Crippen LogP contribution >= 0.6 is 11.3 Å². The maximum absolute atomic E-state index is 11.9. The minimum atomic E-state index is 0.127. The third-order valence-electron chi connectivity index (χ3n) is 5.01. The summed E-state index contributed by atoms with van der Waals surface area (Å²) in [5.74, 6) is 0.127. The van der Waals surface area contributed by atoms with Gasteiger partial charge >= 0.3 is 0 Å². The van der Waals surface area contributed by atoms with Gasteiger partial charge in [0.05, 0.1) is 4.88 Å². The number of carbonyl (C=O) groups excluding carboxylic acids is 1. The van der Waals surface area contributed by atoms with Crippen LogP contribution in [0, 0.1) is 6.92 Å². The van der Waals surface area contributed by atoms with E-state index in [0.29, 0.717) is 6.04 Å². The Kier molecular flexibility index (Phi) is 5.40. The van der Waals surface area contributed by atoms with Gasteiger partial charge in [0.25, 0.3) is 0 Å². The van der Waals surface area contributed by atoms with Gasteiger partial charge < -0.3 is 4.90 Å². The lowest BCUT2D eigenvalue weighted by atomic mass is 9.94. The van der Waals surface area contributed by atoms with Gasteiger partial charge in [0.1, 0.15) is 0 Å². The number of nitrogens with zero attached hydrogens (tertiary/aromatic N) is 1. The van der Waals surface area contributed by atoms with Crippen LogP contribution in [0.1, 0.15) is 40.7 Å². The van der Waals surface area contributed by atoms with E-state index in [4.69, 9.17) is 0 Å². The zero-order chi connectivity index (χ0) is 18.8. The van der Waals surface area contributed by atoms with E-state index in [9.17, 15) is 4.79 Å². The molecule has 0 aliphatic heterocycles. The third kappa shape index (κ3) is 3.64. The second kappa shape index (κ2) is 7.56. The summed E-state index contributed by atoms with van der Waals surface area (Å²) in [7, 11) is 4.19. The van der Waals surface area contributed by atoms with Crippen molar-refractivity contribution < 1.29 is 4.79 Å². The molecule has 0 spiro atoms. The molecule has 1 heterocycles. The number of thiophene rings is 1. The average Bonchev–Trinajstić information content (AvgIpc) is 3.11. The Morgan fingerprint density at radius 2 is 1.62 bits per heavy atom. The summed E-state index contributed by atoms with van der Waals surface area (Å²) in [6.45, 7) is 5.95. The molecule has 1 aromatic heterocycles. The van der Waals surface area contributed by atoms with Crippen molar-refractivity contribution in [1.29, 1.82) is 0 Å². The fraction of sp³-hybridized carbons (Fsp3) is 0.261. The second-order valence-corrected chi connectivity index (χ2v) is 7.93. The quantitative estimate of drug-likeness (QED) is 0.502. The van der Waals surface area contributed by atoms with Gasteiger partial charge in [-0.2, -0.15) is 0 Å². The molecule has 26 heavy (non-hydrogen) atoms. The first kappa shape index (κ1) is 18.6. The van der Waals surface area contributed by atoms with Crippen molar-refractivity contribution in [2.75, 3.05) is 14.1 Å². The van der Waals surface area contributed by atoms with Crippen LogP contribution in [0.3, 0.4) is 0 Å². The highest BCUT2D eigenvalue weighted by atomic mass is 32.1. The molecule has 0 amide bonds. The number of aryl methyl sites for hydroxylation is 1. The minimum Gasteiger partial charge on any atom is -0.303 e. The summed E-state index contributed by atoms with van der Waals surface area (Å²) in [5.41, 5.74) is 7.05. The first-order valence-electron chi connectivity index (χ1n) is 8.84. The van der Waals surface area contributed by atoms with Crippen LogP contribution in [0.4, 0.5) is 0 Å². The maximum atomic E-state index is 11.9. The highest BCUT2D eigenvalue weighted by Crippen LogP contribution is 2.34. The Morgan fingerprint density at radius 1 is 0.962 bits per heavy atom. The van der Waals surface area contributed by atoms with Crippen LogP contribution in [0.2, 0.25) is 0 Å². The Balaban J connectivity index is 2.00. The summed E-state index contributed by atoms with van der Waals surface area (Å²) >= 11 is 1.52. The molecule has 0 unspecified atom stereocenters. The van der Waals surface area contributed by atoms with Crippen LogP contribution in [0.25, 0.3) is 22.3 Å². The molecule has 3 rings (SSSR count). The Bertz CT molecular complexity index is 922. The van der Waals surface area contributed by atoms with E-state index in [1.807, 2.05) is 5.38 Å². The molecule has 0 radical (unpaired) electrons. The molecule has 0 saturated heterocycles. The van der Waals surface area contributed by atoms with Crippen molar-refractivity contribution >= 4 is 17.1 Å². The van der Waals surface area contributed by atoms with Gasteiger partial charge in [-0.05, 0) is 80.2 Å². The molecule has 0 N–H and O–H groups in total. The largest absolute Gasteiger partial charge is 0.303 e. The summed E-state index contributed by atoms with van der Waals surface area (Å²) in [6, 6.07) is 17.7. The van der Waals surface area contributed by atoms with E-state index >= 15 is 0 Å². The van der Waals surface area contributed by atoms with E-state index in [1.165, 1.54) is 33.6 Å². The first-order valence-corrected chi connectivity index (χ1v) is 9.72. The molecule has 2 aromatic carbocycles. The molecule has 0 bridgehead atoms. The predicted octanol–water partition coefficient (Wildman–Crippen LogP) is 6.22. The lowest BCUT2D eigenvalue weighted by Gasteiger charge is -2.20. The normalized spacial score (nSPS) is 12.4. The summed E-state index contributed by atoms with van der Waals surface area (Å²) < 4.78 is 0. The van der Waals surface area contributed by atoms with Crippen molar-refractivity contribution in [3.63, 3.8) is 0 Å². The molecule has 0 aliphatic carbocycles. The van der Waals surface area contributed by atoms with Crippen molar-refractivity contribution in [2.24, 2.45) is 0 Å². The van der Waals surface area contributed by atoms with Crippen LogP contribution in [-0.4, -0.2) is 24.8 Å². The lowest BCUT2D eigenvalue weighted by Crippen LogP contribution is -2.16. The van der Waals surface area contributed by atoms with Gasteiger partial charge in [0.2, 0.25) is 0 Å². The molecule has 0 saturated carbocycles. The summed E-state index contributed by atoms with van der Waals surface area (Å²) in [5, 5.41) is 2.00. The average molecular weight is 364 g/mol. The molecular weight excluding hydrogens is 338 g/mol. The zero-order valence-electron chi connectivity index (χ0n) is 16.0. The van der Waals surface area contributed by atoms with Crippen molar-refractivity contribution in [3.8, 4) is 22.3 Å². The van der Waals surface area contributed by atoms with Gasteiger partial charge in [-0.3, -0.25) is 4.79 Å². The zero-order valence-corrected chi connectivity index (χ0v) is 16.9. The SMILES string of the molecule is CC(=O)c1sccc1-c1cc(-c2ccc([C@@H](C)N(C)C)cc2)ccc1C. The number of hydrogen-bond acceptors (Lipinski definition) is 3. The molecular formula is C23H25NOS. The maximum Gasteiger partial charge on any atom is 0.170 e. The van der Waals surface area contributed by atoms with E-state index in [2.05, 4.69) is 81.4 Å². The standard InChI is InChI=1S/C23H25NOS/c1-15-6-7-20(14-22(15)21-12-13-26-23(21)17(3)25)19-10-8-18(9-11-19)16(2)24(4)5/h6-14,16H,1-5H3/t16-/m1/s1. The number of carbonyl (C=O) groups is 1. The third-order valence-corrected chi connectivity index (χ3v) is 6.03. The number of Topliss-reactive ketones (excluding diaryl/α,β-unsaturated/α-hetero) is 1. The number of hydrogen-bond donors (Lipinski definition) is 0. The lowest BCUT2D eigenvalue weighted by molar-refractivity contribution is 0.102. The van der Waals surface area contributed by atoms with Crippen molar-refractivity contribution in [2.45, 2.75) is 26.8 Å². The van der Waals surface area contributed by atoms with Crippen molar-refractivity contribution in [1.82, 2.24) is 4.90 Å². The van der Waals surface area contributed by atoms with Crippen LogP contribution in [0.5, 0.6) is 0 Å². The van der Waals surface area contributed by atoms with Gasteiger partial charge in [-0.1, -0.05) is 36.4 Å². The Labute approximate surface area is 160 Å². The highest BCUT2D eigenvalue weighted by Gasteiger charge is 2.14. The molecule has 3 heteroatoms. The predicted molar refractivity (Wildman–Crippen MR) is 112 cm³/mol. The van der Waals surface area contributed by atoms with Crippen molar-refractivity contribution in [3.05, 3.63) is 69.9 Å².